The molecule has 1 N–H and O–H groups in total. The van der Waals surface area contributed by atoms with E-state index in [1.807, 2.05) is 76.5 Å². The van der Waals surface area contributed by atoms with Gasteiger partial charge in [0.2, 0.25) is 0 Å². The molecule has 5 rings (SSSR count). The van der Waals surface area contributed by atoms with Crippen LogP contribution in [0.1, 0.15) is 29.7 Å². The van der Waals surface area contributed by atoms with E-state index < -0.39 is 0 Å². The fraction of sp³-hybridized carbons (Fsp3) is 0.192. The second-order valence-corrected chi connectivity index (χ2v) is 8.76. The highest BCUT2D eigenvalue weighted by molar-refractivity contribution is 6.31. The number of hydrogen-bond donors (Lipinski definition) is 1. The zero-order chi connectivity index (χ0) is 23.3. The molecule has 0 radical (unpaired) electrons. The minimum Gasteiger partial charge on any atom is -0.455 e. The second kappa shape index (κ2) is 8.05. The summed E-state index contributed by atoms with van der Waals surface area (Å²) in [5.41, 5.74) is 5.44. The van der Waals surface area contributed by atoms with Gasteiger partial charge in [-0.1, -0.05) is 17.7 Å². The third-order valence-electron chi connectivity index (χ3n) is 5.87. The number of anilines is 1. The largest absolute Gasteiger partial charge is 0.455 e. The number of aryl methyl sites for hydroxylation is 2. The van der Waals surface area contributed by atoms with E-state index in [1.165, 1.54) is 0 Å². The van der Waals surface area contributed by atoms with E-state index in [4.69, 9.17) is 16.0 Å². The Morgan fingerprint density at radius 2 is 1.97 bits per heavy atom. The van der Waals surface area contributed by atoms with Gasteiger partial charge < -0.3 is 9.73 Å². The van der Waals surface area contributed by atoms with E-state index in [2.05, 4.69) is 15.4 Å². The van der Waals surface area contributed by atoms with Crippen molar-refractivity contribution in [3.8, 4) is 11.3 Å². The topological polar surface area (TPSA) is 73.0 Å². The minimum absolute atomic E-state index is 0.0332. The summed E-state index contributed by atoms with van der Waals surface area (Å²) in [6.07, 6.45) is 3.60. The number of benzene rings is 2. The second-order valence-electron chi connectivity index (χ2n) is 8.40. The van der Waals surface area contributed by atoms with Crippen LogP contribution >= 0.6 is 11.6 Å². The lowest BCUT2D eigenvalue weighted by Gasteiger charge is -2.19. The molecule has 1 unspecified atom stereocenters. The molecule has 3 heterocycles. The van der Waals surface area contributed by atoms with Crippen LogP contribution in [0.4, 0.5) is 5.69 Å². The lowest BCUT2D eigenvalue weighted by Crippen LogP contribution is -2.12. The van der Waals surface area contributed by atoms with Crippen LogP contribution in [0.15, 0.2) is 64.1 Å². The first-order chi connectivity index (χ1) is 15.8. The molecule has 0 aliphatic heterocycles. The van der Waals surface area contributed by atoms with Gasteiger partial charge in [-0.3, -0.25) is 9.48 Å². The molecule has 3 aromatic heterocycles. The van der Waals surface area contributed by atoms with Gasteiger partial charge in [0, 0.05) is 41.5 Å². The van der Waals surface area contributed by atoms with Gasteiger partial charge in [0.25, 0.3) is 0 Å². The molecule has 2 aromatic carbocycles. The predicted molar refractivity (Wildman–Crippen MR) is 133 cm³/mol. The van der Waals surface area contributed by atoms with Gasteiger partial charge >= 0.3 is 0 Å². The molecule has 1 atom stereocenters. The Morgan fingerprint density at radius 1 is 1.15 bits per heavy atom. The van der Waals surface area contributed by atoms with E-state index in [1.54, 1.807) is 10.9 Å². The molecule has 0 spiro atoms. The molecular formula is C26H23ClN4O2. The third kappa shape index (κ3) is 3.76. The van der Waals surface area contributed by atoms with Crippen molar-refractivity contribution < 1.29 is 4.42 Å². The van der Waals surface area contributed by atoms with Gasteiger partial charge in [-0.15, -0.1) is 0 Å². The van der Waals surface area contributed by atoms with Crippen molar-refractivity contribution in [3.63, 3.8) is 0 Å². The zero-order valence-corrected chi connectivity index (χ0v) is 19.6. The quantitative estimate of drug-likeness (QED) is 0.325. The summed E-state index contributed by atoms with van der Waals surface area (Å²) in [5, 5.41) is 9.78. The number of hydrogen-bond acceptors (Lipinski definition) is 5. The first-order valence-corrected chi connectivity index (χ1v) is 11.1. The lowest BCUT2D eigenvalue weighted by molar-refractivity contribution is 0.606. The monoisotopic (exact) mass is 458 g/mol. The third-order valence-corrected chi connectivity index (χ3v) is 6.17. The van der Waals surface area contributed by atoms with E-state index >= 15 is 0 Å². The number of halogens is 1. The Balaban J connectivity index is 1.69. The SMILES string of the molecule is Cc1cc(C(C)Nc2cccnc2Cl)c2oc(-c3ccc4nn(C)cc4c3)c(C)c(=O)c2c1. The summed E-state index contributed by atoms with van der Waals surface area (Å²) in [6.45, 7) is 5.80. The van der Waals surface area contributed by atoms with E-state index in [9.17, 15) is 4.79 Å². The van der Waals surface area contributed by atoms with Crippen molar-refractivity contribution in [2.45, 2.75) is 26.8 Å². The smallest absolute Gasteiger partial charge is 0.196 e. The number of rotatable bonds is 4. The van der Waals surface area contributed by atoms with Gasteiger partial charge in [-0.05, 0) is 62.7 Å². The highest BCUT2D eigenvalue weighted by Crippen LogP contribution is 2.33. The molecule has 33 heavy (non-hydrogen) atoms. The summed E-state index contributed by atoms with van der Waals surface area (Å²) < 4.78 is 8.25. The van der Waals surface area contributed by atoms with Crippen LogP contribution < -0.4 is 10.7 Å². The van der Waals surface area contributed by atoms with Crippen LogP contribution in [-0.4, -0.2) is 14.8 Å². The highest BCUT2D eigenvalue weighted by Gasteiger charge is 2.20. The molecular weight excluding hydrogens is 436 g/mol. The van der Waals surface area contributed by atoms with E-state index in [0.717, 1.165) is 33.3 Å². The molecule has 5 aromatic rings. The summed E-state index contributed by atoms with van der Waals surface area (Å²) >= 11 is 6.25. The normalized spacial score (nSPS) is 12.4. The Morgan fingerprint density at radius 3 is 2.76 bits per heavy atom. The average molecular weight is 459 g/mol. The fourth-order valence-electron chi connectivity index (χ4n) is 4.26. The Hall–Kier alpha value is -3.64. The molecule has 0 saturated carbocycles. The average Bonchev–Trinajstić information content (AvgIpc) is 3.16. The molecule has 166 valence electrons. The van der Waals surface area contributed by atoms with E-state index in [0.29, 0.717) is 27.4 Å². The molecule has 0 aliphatic rings. The first kappa shape index (κ1) is 21.2. The summed E-state index contributed by atoms with van der Waals surface area (Å²) in [7, 11) is 1.89. The number of nitrogens with zero attached hydrogens (tertiary/aromatic N) is 3. The van der Waals surface area contributed by atoms with Crippen LogP contribution in [0.25, 0.3) is 33.2 Å². The van der Waals surface area contributed by atoms with Crippen LogP contribution in [-0.2, 0) is 7.05 Å². The van der Waals surface area contributed by atoms with E-state index in [-0.39, 0.29) is 11.5 Å². The first-order valence-electron chi connectivity index (χ1n) is 10.7. The van der Waals surface area contributed by atoms with Crippen molar-refractivity contribution in [3.05, 3.63) is 86.9 Å². The van der Waals surface area contributed by atoms with Gasteiger partial charge in [0.15, 0.2) is 10.6 Å². The highest BCUT2D eigenvalue weighted by atomic mass is 35.5. The molecule has 7 heteroatoms. The van der Waals surface area contributed by atoms with Crippen molar-refractivity contribution in [2.24, 2.45) is 7.05 Å². The van der Waals surface area contributed by atoms with Crippen molar-refractivity contribution in [1.29, 1.82) is 0 Å². The summed E-state index contributed by atoms with van der Waals surface area (Å²) in [5.74, 6) is 0.565. The van der Waals surface area contributed by atoms with Crippen LogP contribution in [0.3, 0.4) is 0 Å². The maximum absolute atomic E-state index is 13.4. The predicted octanol–water partition coefficient (Wildman–Crippen LogP) is 6.19. The fourth-order valence-corrected chi connectivity index (χ4v) is 4.43. The number of nitrogens with one attached hydrogen (secondary N) is 1. The molecule has 6 nitrogen and oxygen atoms in total. The lowest BCUT2D eigenvalue weighted by atomic mass is 9.98. The Kier molecular flexibility index (Phi) is 5.17. The molecule has 0 fully saturated rings. The van der Waals surface area contributed by atoms with Crippen LogP contribution in [0.5, 0.6) is 0 Å². The maximum atomic E-state index is 13.4. The maximum Gasteiger partial charge on any atom is 0.196 e. The molecule has 0 amide bonds. The number of fused-ring (bicyclic) bond motifs is 2. The van der Waals surface area contributed by atoms with Gasteiger partial charge in [0.1, 0.15) is 11.3 Å². The van der Waals surface area contributed by atoms with Gasteiger partial charge in [-0.2, -0.15) is 5.10 Å². The molecule has 0 saturated heterocycles. The van der Waals surface area contributed by atoms with Gasteiger partial charge in [-0.25, -0.2) is 4.98 Å². The van der Waals surface area contributed by atoms with Crippen molar-refractivity contribution >= 4 is 39.2 Å². The van der Waals surface area contributed by atoms with Crippen LogP contribution in [0.2, 0.25) is 5.15 Å². The number of aromatic nitrogens is 3. The minimum atomic E-state index is -0.173. The van der Waals surface area contributed by atoms with Gasteiger partial charge in [0.05, 0.1) is 22.6 Å². The number of pyridine rings is 1. The van der Waals surface area contributed by atoms with Crippen molar-refractivity contribution in [2.75, 3.05) is 5.32 Å². The Labute approximate surface area is 195 Å². The molecule has 0 aliphatic carbocycles. The van der Waals surface area contributed by atoms with Crippen LogP contribution in [0, 0.1) is 13.8 Å². The summed E-state index contributed by atoms with van der Waals surface area (Å²) in [6, 6.07) is 13.3. The Bertz CT molecular complexity index is 1590. The molecule has 0 bridgehead atoms. The van der Waals surface area contributed by atoms with Crippen molar-refractivity contribution in [1.82, 2.24) is 14.8 Å². The summed E-state index contributed by atoms with van der Waals surface area (Å²) in [4.78, 5) is 17.5. The standard InChI is InChI=1S/C26H23ClN4O2/c1-14-10-19(16(3)29-22-6-5-9-28-26(22)27)25-20(11-14)23(32)15(2)24(33-25)17-7-8-21-18(12-17)13-31(4)30-21/h5-13,16,29H,1-4H3. The zero-order valence-electron chi connectivity index (χ0n) is 18.8.